The number of nitrogens with one attached hydrogen (secondary N) is 2. The summed E-state index contributed by atoms with van der Waals surface area (Å²) in [5, 5.41) is 4.60. The summed E-state index contributed by atoms with van der Waals surface area (Å²) in [5.74, 6) is 0.403. The fourth-order valence-corrected chi connectivity index (χ4v) is 2.74. The van der Waals surface area contributed by atoms with Crippen LogP contribution in [0.15, 0.2) is 24.3 Å². The maximum absolute atomic E-state index is 12.1. The molecule has 3 heteroatoms. The molecule has 0 fully saturated rings. The van der Waals surface area contributed by atoms with Gasteiger partial charge in [-0.15, -0.1) is 0 Å². The van der Waals surface area contributed by atoms with Crippen LogP contribution in [0.1, 0.15) is 25.1 Å². The lowest BCUT2D eigenvalue weighted by atomic mass is 9.91. The number of benzene rings is 1. The molecule has 1 atom stereocenters. The average Bonchev–Trinajstić information content (AvgIpc) is 2.75. The quantitative estimate of drug-likeness (QED) is 0.849. The molecule has 2 heterocycles. The molecule has 1 aliphatic rings. The van der Waals surface area contributed by atoms with Gasteiger partial charge in [-0.25, -0.2) is 0 Å². The Balaban J connectivity index is 1.99. The zero-order chi connectivity index (χ0) is 12.7. The van der Waals surface area contributed by atoms with E-state index in [2.05, 4.69) is 28.5 Å². The minimum absolute atomic E-state index is 0.0308. The Morgan fingerprint density at radius 2 is 2.11 bits per heavy atom. The van der Waals surface area contributed by atoms with E-state index < -0.39 is 0 Å². The molecule has 1 aromatic carbocycles. The van der Waals surface area contributed by atoms with E-state index in [1.165, 1.54) is 22.2 Å². The van der Waals surface area contributed by atoms with Crippen molar-refractivity contribution in [3.8, 4) is 0 Å². The zero-order valence-electron chi connectivity index (χ0n) is 10.8. The lowest BCUT2D eigenvalue weighted by molar-refractivity contribution is -0.124. The van der Waals surface area contributed by atoms with Gasteiger partial charge in [-0.1, -0.05) is 32.0 Å². The summed E-state index contributed by atoms with van der Waals surface area (Å²) in [6.07, 6.45) is 0.802. The summed E-state index contributed by atoms with van der Waals surface area (Å²) < 4.78 is 0. The first-order valence-electron chi connectivity index (χ1n) is 6.52. The van der Waals surface area contributed by atoms with Crippen molar-refractivity contribution in [2.24, 2.45) is 5.92 Å². The second-order valence-electron chi connectivity index (χ2n) is 5.32. The van der Waals surface area contributed by atoms with Crippen LogP contribution in [-0.4, -0.2) is 16.8 Å². The molecule has 2 aromatic rings. The van der Waals surface area contributed by atoms with E-state index >= 15 is 0 Å². The van der Waals surface area contributed by atoms with Gasteiger partial charge < -0.3 is 10.3 Å². The van der Waals surface area contributed by atoms with Crippen LogP contribution in [0.5, 0.6) is 0 Å². The van der Waals surface area contributed by atoms with Gasteiger partial charge in [-0.3, -0.25) is 4.79 Å². The summed E-state index contributed by atoms with van der Waals surface area (Å²) in [6.45, 7) is 4.69. The van der Waals surface area contributed by atoms with Crippen molar-refractivity contribution >= 4 is 16.7 Å². The average molecular weight is 242 g/mol. The molecule has 2 N–H and O–H groups in total. The number of hydrogen-bond donors (Lipinski definition) is 2. The number of carbonyl (C=O) groups is 1. The predicted octanol–water partition coefficient (Wildman–Crippen LogP) is 2.41. The summed E-state index contributed by atoms with van der Waals surface area (Å²) in [7, 11) is 0. The lowest BCUT2D eigenvalue weighted by Crippen LogP contribution is -2.43. The van der Waals surface area contributed by atoms with E-state index in [0.717, 1.165) is 13.0 Å². The largest absolute Gasteiger partial charge is 0.357 e. The summed E-state index contributed by atoms with van der Waals surface area (Å²) in [6, 6.07) is 8.28. The maximum Gasteiger partial charge on any atom is 0.152 e. The van der Waals surface area contributed by atoms with E-state index in [1.54, 1.807) is 0 Å². The van der Waals surface area contributed by atoms with Crippen LogP contribution in [0.3, 0.4) is 0 Å². The predicted molar refractivity (Wildman–Crippen MR) is 72.5 cm³/mol. The van der Waals surface area contributed by atoms with Gasteiger partial charge in [0.1, 0.15) is 0 Å². The number of aromatic amines is 1. The summed E-state index contributed by atoms with van der Waals surface area (Å²) in [4.78, 5) is 15.5. The number of hydrogen-bond acceptors (Lipinski definition) is 2. The molecule has 1 unspecified atom stereocenters. The van der Waals surface area contributed by atoms with Crippen molar-refractivity contribution < 1.29 is 4.79 Å². The first-order valence-corrected chi connectivity index (χ1v) is 6.52. The number of rotatable bonds is 2. The standard InChI is InChI=1S/C15H18N2O/c1-9(2)15(18)13-7-11-10-5-3-4-6-12(10)17-14(11)8-16-13/h3-6,9,13,16-17H,7-8H2,1-2H3. The zero-order valence-corrected chi connectivity index (χ0v) is 10.8. The molecule has 94 valence electrons. The molecular weight excluding hydrogens is 224 g/mol. The lowest BCUT2D eigenvalue weighted by Gasteiger charge is -2.24. The van der Waals surface area contributed by atoms with Crippen molar-refractivity contribution in [3.63, 3.8) is 0 Å². The van der Waals surface area contributed by atoms with Crippen LogP contribution in [0.4, 0.5) is 0 Å². The van der Waals surface area contributed by atoms with Gasteiger partial charge in [0.05, 0.1) is 6.04 Å². The highest BCUT2D eigenvalue weighted by Crippen LogP contribution is 2.27. The van der Waals surface area contributed by atoms with Gasteiger partial charge in [-0.05, 0) is 18.1 Å². The smallest absolute Gasteiger partial charge is 0.152 e. The number of aromatic nitrogens is 1. The number of fused-ring (bicyclic) bond motifs is 3. The Hall–Kier alpha value is -1.61. The molecule has 3 nitrogen and oxygen atoms in total. The highest BCUT2D eigenvalue weighted by atomic mass is 16.1. The Morgan fingerprint density at radius 1 is 1.33 bits per heavy atom. The summed E-state index contributed by atoms with van der Waals surface area (Å²) in [5.41, 5.74) is 3.70. The van der Waals surface area contributed by atoms with E-state index in [9.17, 15) is 4.79 Å². The first kappa shape index (κ1) is 11.5. The Labute approximate surface area is 107 Å². The van der Waals surface area contributed by atoms with Gasteiger partial charge in [0.25, 0.3) is 0 Å². The van der Waals surface area contributed by atoms with Crippen LogP contribution in [0.25, 0.3) is 10.9 Å². The molecule has 0 amide bonds. The molecular formula is C15H18N2O. The maximum atomic E-state index is 12.1. The van der Waals surface area contributed by atoms with Crippen molar-refractivity contribution in [3.05, 3.63) is 35.5 Å². The fourth-order valence-electron chi connectivity index (χ4n) is 2.74. The second kappa shape index (κ2) is 4.25. The molecule has 1 aromatic heterocycles. The SMILES string of the molecule is CC(C)C(=O)C1Cc2c([nH]c3ccccc23)CN1. The monoisotopic (exact) mass is 242 g/mol. The third-order valence-electron chi connectivity index (χ3n) is 3.75. The molecule has 0 radical (unpaired) electrons. The second-order valence-corrected chi connectivity index (χ2v) is 5.32. The number of ketones is 1. The molecule has 0 bridgehead atoms. The molecule has 18 heavy (non-hydrogen) atoms. The van der Waals surface area contributed by atoms with Crippen molar-refractivity contribution in [1.82, 2.24) is 10.3 Å². The van der Waals surface area contributed by atoms with Crippen molar-refractivity contribution in [1.29, 1.82) is 0 Å². The van der Waals surface area contributed by atoms with Crippen molar-refractivity contribution in [2.75, 3.05) is 0 Å². The van der Waals surface area contributed by atoms with Crippen LogP contribution < -0.4 is 5.32 Å². The minimum Gasteiger partial charge on any atom is -0.357 e. The van der Waals surface area contributed by atoms with Gasteiger partial charge in [0.15, 0.2) is 5.78 Å². The van der Waals surface area contributed by atoms with Gasteiger partial charge in [0, 0.05) is 29.1 Å². The van der Waals surface area contributed by atoms with Gasteiger partial charge in [0.2, 0.25) is 0 Å². The molecule has 0 aliphatic carbocycles. The van der Waals surface area contributed by atoms with Crippen molar-refractivity contribution in [2.45, 2.75) is 32.9 Å². The van der Waals surface area contributed by atoms with Gasteiger partial charge in [-0.2, -0.15) is 0 Å². The highest BCUT2D eigenvalue weighted by Gasteiger charge is 2.27. The van der Waals surface area contributed by atoms with Crippen LogP contribution in [0, 0.1) is 5.92 Å². The molecule has 1 aliphatic heterocycles. The number of carbonyl (C=O) groups excluding carboxylic acids is 1. The number of H-pyrrole nitrogens is 1. The number of Topliss-reactive ketones (excluding diaryl/α,β-unsaturated/α-hetero) is 1. The topological polar surface area (TPSA) is 44.9 Å². The number of para-hydroxylation sites is 1. The van der Waals surface area contributed by atoms with E-state index in [1.807, 2.05) is 19.9 Å². The van der Waals surface area contributed by atoms with Crippen LogP contribution in [-0.2, 0) is 17.8 Å². The third-order valence-corrected chi connectivity index (χ3v) is 3.75. The molecule has 0 spiro atoms. The summed E-state index contributed by atoms with van der Waals surface area (Å²) >= 11 is 0. The van der Waals surface area contributed by atoms with Crippen LogP contribution in [0.2, 0.25) is 0 Å². The first-order chi connectivity index (χ1) is 8.66. The Bertz CT molecular complexity index is 598. The molecule has 0 saturated heterocycles. The fraction of sp³-hybridized carbons (Fsp3) is 0.400. The van der Waals surface area contributed by atoms with Gasteiger partial charge >= 0.3 is 0 Å². The molecule has 0 saturated carbocycles. The molecule has 3 rings (SSSR count). The Morgan fingerprint density at radius 3 is 2.89 bits per heavy atom. The minimum atomic E-state index is -0.0308. The normalized spacial score (nSPS) is 19.2. The Kier molecular flexibility index (Phi) is 2.71. The van der Waals surface area contributed by atoms with E-state index in [0.29, 0.717) is 5.78 Å². The van der Waals surface area contributed by atoms with Crippen LogP contribution >= 0.6 is 0 Å². The van der Waals surface area contributed by atoms with E-state index in [-0.39, 0.29) is 12.0 Å². The highest BCUT2D eigenvalue weighted by molar-refractivity contribution is 5.89. The van der Waals surface area contributed by atoms with E-state index in [4.69, 9.17) is 0 Å². The third kappa shape index (κ3) is 1.75.